The number of ether oxygens (including phenoxy) is 1. The molecule has 1 N–H and O–H groups in total. The number of benzene rings is 1. The van der Waals surface area contributed by atoms with Gasteiger partial charge in [0.25, 0.3) is 5.56 Å². The van der Waals surface area contributed by atoms with Gasteiger partial charge in [0, 0.05) is 62.0 Å². The van der Waals surface area contributed by atoms with Crippen molar-refractivity contribution in [3.8, 4) is 11.4 Å². The van der Waals surface area contributed by atoms with Crippen molar-refractivity contribution in [2.75, 3.05) is 22.7 Å². The second kappa shape index (κ2) is 10.8. The smallest absolute Gasteiger partial charge is 0.490 e. The molecule has 0 radical (unpaired) electrons. The Morgan fingerprint density at radius 1 is 1.08 bits per heavy atom. The van der Waals surface area contributed by atoms with Crippen molar-refractivity contribution >= 4 is 21.7 Å². The van der Waals surface area contributed by atoms with Crippen LogP contribution in [-0.2, 0) is 16.4 Å². The average molecular weight is 538 g/mol. The van der Waals surface area contributed by atoms with E-state index in [1.807, 2.05) is 12.4 Å². The normalized spacial score (nSPS) is 15.0. The summed E-state index contributed by atoms with van der Waals surface area (Å²) < 4.78 is 68.8. The van der Waals surface area contributed by atoms with E-state index in [2.05, 4.69) is 21.8 Å². The molecular formula is C24H26F3N5O4S. The molecule has 0 saturated carbocycles. The third kappa shape index (κ3) is 6.40. The predicted molar refractivity (Wildman–Crippen MR) is 133 cm³/mol. The quantitative estimate of drug-likeness (QED) is 0.465. The minimum atomic E-state index is -5.52. The second-order valence-electron chi connectivity index (χ2n) is 8.61. The van der Waals surface area contributed by atoms with Crippen LogP contribution in [0.25, 0.3) is 5.69 Å². The number of alkyl halides is 3. The van der Waals surface area contributed by atoms with Gasteiger partial charge in [-0.3, -0.25) is 14.1 Å². The zero-order chi connectivity index (χ0) is 26.6. The van der Waals surface area contributed by atoms with Crippen molar-refractivity contribution in [2.24, 2.45) is 0 Å². The summed E-state index contributed by atoms with van der Waals surface area (Å²) in [4.78, 5) is 23.7. The van der Waals surface area contributed by atoms with Gasteiger partial charge in [0.15, 0.2) is 0 Å². The number of anilines is 2. The minimum absolute atomic E-state index is 0.0770. The molecule has 0 atom stereocenters. The first-order valence-electron chi connectivity index (χ1n) is 11.7. The van der Waals surface area contributed by atoms with Crippen molar-refractivity contribution in [1.82, 2.24) is 14.5 Å². The molecular weight excluding hydrogens is 511 g/mol. The topological polar surface area (TPSA) is 106 Å². The molecule has 0 spiro atoms. The number of nitrogens with one attached hydrogen (secondary N) is 1. The van der Waals surface area contributed by atoms with Crippen LogP contribution in [0.15, 0.2) is 59.8 Å². The summed E-state index contributed by atoms with van der Waals surface area (Å²) in [5, 5.41) is 0. The Labute approximate surface area is 212 Å². The fourth-order valence-corrected chi connectivity index (χ4v) is 4.51. The molecule has 1 saturated heterocycles. The van der Waals surface area contributed by atoms with Crippen LogP contribution in [0.4, 0.5) is 24.8 Å². The van der Waals surface area contributed by atoms with Crippen molar-refractivity contribution in [3.05, 3.63) is 70.9 Å². The largest absolute Gasteiger partial charge is 0.516 e. The Balaban J connectivity index is 1.35. The van der Waals surface area contributed by atoms with Gasteiger partial charge in [0.05, 0.1) is 0 Å². The molecule has 1 aliphatic rings. The average Bonchev–Trinajstić information content (AvgIpc) is 2.85. The first-order valence-corrected chi connectivity index (χ1v) is 13.2. The Bertz CT molecular complexity index is 1370. The fourth-order valence-electron chi connectivity index (χ4n) is 3.95. The number of rotatable bonds is 8. The number of aryl methyl sites for hydroxylation is 1. The first kappa shape index (κ1) is 26.5. The van der Waals surface area contributed by atoms with Crippen molar-refractivity contribution in [2.45, 2.75) is 44.2 Å². The highest BCUT2D eigenvalue weighted by Crippen LogP contribution is 2.26. The van der Waals surface area contributed by atoms with Crippen LogP contribution in [-0.4, -0.2) is 47.7 Å². The van der Waals surface area contributed by atoms with E-state index in [9.17, 15) is 26.4 Å². The van der Waals surface area contributed by atoms with Gasteiger partial charge in [-0.05, 0) is 42.3 Å². The molecule has 2 aromatic heterocycles. The lowest BCUT2D eigenvalue weighted by Crippen LogP contribution is -2.39. The number of halogens is 3. The second-order valence-corrected chi connectivity index (χ2v) is 10.3. The number of sulfonamides is 1. The Morgan fingerprint density at radius 3 is 2.30 bits per heavy atom. The lowest BCUT2D eigenvalue weighted by atomic mass is 10.1. The molecule has 13 heteroatoms. The Morgan fingerprint density at radius 2 is 1.73 bits per heavy atom. The molecule has 4 rings (SSSR count). The monoisotopic (exact) mass is 537 g/mol. The van der Waals surface area contributed by atoms with Crippen LogP contribution in [0.1, 0.15) is 31.7 Å². The molecule has 0 bridgehead atoms. The van der Waals surface area contributed by atoms with E-state index >= 15 is 0 Å². The molecule has 3 heterocycles. The lowest BCUT2D eigenvalue weighted by Gasteiger charge is -2.32. The number of hydrogen-bond acceptors (Lipinski definition) is 7. The van der Waals surface area contributed by atoms with E-state index in [4.69, 9.17) is 4.74 Å². The molecule has 1 aromatic carbocycles. The van der Waals surface area contributed by atoms with Crippen LogP contribution in [0.5, 0.6) is 5.75 Å². The summed E-state index contributed by atoms with van der Waals surface area (Å²) in [6.07, 6.45) is 8.59. The molecule has 198 valence electrons. The molecule has 9 nitrogen and oxygen atoms in total. The zero-order valence-electron chi connectivity index (χ0n) is 20.0. The summed E-state index contributed by atoms with van der Waals surface area (Å²) in [5.41, 5.74) is -4.64. The Hall–Kier alpha value is -3.61. The van der Waals surface area contributed by atoms with Crippen molar-refractivity contribution in [1.29, 1.82) is 0 Å². The fraction of sp³-hybridized carbons (Fsp3) is 0.375. The maximum Gasteiger partial charge on any atom is 0.516 e. The highest BCUT2D eigenvalue weighted by Gasteiger charge is 2.46. The van der Waals surface area contributed by atoms with E-state index in [-0.39, 0.29) is 11.8 Å². The van der Waals surface area contributed by atoms with Gasteiger partial charge in [0.2, 0.25) is 5.95 Å². The lowest BCUT2D eigenvalue weighted by molar-refractivity contribution is -0.0429. The van der Waals surface area contributed by atoms with Crippen LogP contribution >= 0.6 is 0 Å². The highest BCUT2D eigenvalue weighted by molar-refractivity contribution is 7.93. The number of aromatic nitrogens is 3. The number of pyridine rings is 1. The maximum atomic E-state index is 12.6. The van der Waals surface area contributed by atoms with Crippen LogP contribution in [0.3, 0.4) is 0 Å². The summed E-state index contributed by atoms with van der Waals surface area (Å²) in [5.74, 6) is 1.10. The van der Waals surface area contributed by atoms with Gasteiger partial charge >= 0.3 is 15.5 Å². The van der Waals surface area contributed by atoms with E-state index in [1.165, 1.54) is 33.7 Å². The van der Waals surface area contributed by atoms with E-state index in [1.54, 1.807) is 6.07 Å². The molecule has 0 amide bonds. The van der Waals surface area contributed by atoms with Gasteiger partial charge in [-0.2, -0.15) is 21.6 Å². The van der Waals surface area contributed by atoms with Crippen molar-refractivity contribution in [3.63, 3.8) is 0 Å². The standard InChI is InChI=1S/C24H26F3N5O4S/c1-2-3-17-15-28-23(29-16-17)31-11-8-20(9-12-31)36-21-10-13-32(22(33)14-21)19-6-4-18(5-7-19)30-37(34,35)24(25,26)27/h4-7,10,13-16,20,30H,2-3,8-9,11-12H2,1H3. The summed E-state index contributed by atoms with van der Waals surface area (Å²) in [7, 11) is -5.52. The van der Waals surface area contributed by atoms with Gasteiger partial charge in [-0.15, -0.1) is 0 Å². The predicted octanol–water partition coefficient (Wildman–Crippen LogP) is 3.89. The third-order valence-corrected chi connectivity index (χ3v) is 6.97. The molecule has 1 aliphatic heterocycles. The number of nitrogens with zero attached hydrogens (tertiary/aromatic N) is 4. The van der Waals surface area contributed by atoms with E-state index in [0.717, 1.165) is 56.5 Å². The summed E-state index contributed by atoms with van der Waals surface area (Å²) in [6.45, 7) is 3.55. The summed E-state index contributed by atoms with van der Waals surface area (Å²) >= 11 is 0. The first-order chi connectivity index (χ1) is 17.6. The third-order valence-electron chi connectivity index (χ3n) is 5.85. The zero-order valence-corrected chi connectivity index (χ0v) is 20.8. The van der Waals surface area contributed by atoms with Crippen molar-refractivity contribution < 1.29 is 26.3 Å². The Kier molecular flexibility index (Phi) is 7.71. The highest BCUT2D eigenvalue weighted by atomic mass is 32.2. The SMILES string of the molecule is CCCc1cnc(N2CCC(Oc3ccn(-c4ccc(NS(=O)(=O)C(F)(F)F)cc4)c(=O)c3)CC2)nc1. The molecule has 0 aliphatic carbocycles. The molecule has 0 unspecified atom stereocenters. The van der Waals surface area contributed by atoms with Crippen LogP contribution in [0, 0.1) is 0 Å². The van der Waals surface area contributed by atoms with Gasteiger partial charge in [0.1, 0.15) is 11.9 Å². The minimum Gasteiger partial charge on any atom is -0.490 e. The van der Waals surface area contributed by atoms with E-state index < -0.39 is 21.1 Å². The van der Waals surface area contributed by atoms with Gasteiger partial charge < -0.3 is 9.64 Å². The van der Waals surface area contributed by atoms with E-state index in [0.29, 0.717) is 17.4 Å². The molecule has 37 heavy (non-hydrogen) atoms. The number of hydrogen-bond donors (Lipinski definition) is 1. The van der Waals surface area contributed by atoms with Gasteiger partial charge in [-0.25, -0.2) is 9.97 Å². The number of piperidine rings is 1. The van der Waals surface area contributed by atoms with Gasteiger partial charge in [-0.1, -0.05) is 13.3 Å². The molecule has 3 aromatic rings. The molecule has 1 fully saturated rings. The summed E-state index contributed by atoms with van der Waals surface area (Å²) in [6, 6.07) is 7.92. The maximum absolute atomic E-state index is 12.6. The van der Waals surface area contributed by atoms with Crippen LogP contribution in [0.2, 0.25) is 0 Å². The van der Waals surface area contributed by atoms with Crippen LogP contribution < -0.4 is 19.9 Å².